The summed E-state index contributed by atoms with van der Waals surface area (Å²) in [6.07, 6.45) is 1.61. The van der Waals surface area contributed by atoms with E-state index in [9.17, 15) is 8.42 Å². The summed E-state index contributed by atoms with van der Waals surface area (Å²) >= 11 is 0. The molecular weight excluding hydrogens is 342 g/mol. The Hall–Kier alpha value is -2.54. The molecule has 0 saturated carbocycles. The summed E-state index contributed by atoms with van der Waals surface area (Å²) in [4.78, 5) is 10.8. The first-order chi connectivity index (χ1) is 12.1. The van der Waals surface area contributed by atoms with Crippen LogP contribution in [-0.4, -0.2) is 44.7 Å². The topological polar surface area (TPSA) is 108 Å². The maximum Gasteiger partial charge on any atom is 0.240 e. The molecule has 0 amide bonds. The number of nitrogens with zero attached hydrogens (tertiary/aromatic N) is 4. The molecule has 25 heavy (non-hydrogen) atoms. The van der Waals surface area contributed by atoms with Crippen molar-refractivity contribution in [2.24, 2.45) is 0 Å². The van der Waals surface area contributed by atoms with E-state index in [1.807, 2.05) is 11.0 Å². The number of anilines is 1. The fourth-order valence-electron chi connectivity index (χ4n) is 2.36. The molecule has 1 aromatic heterocycles. The van der Waals surface area contributed by atoms with Crippen molar-refractivity contribution >= 4 is 16.0 Å². The third-order valence-corrected chi connectivity index (χ3v) is 5.15. The van der Waals surface area contributed by atoms with Crippen LogP contribution in [0.4, 0.5) is 5.95 Å². The largest absolute Gasteiger partial charge is 0.378 e. The van der Waals surface area contributed by atoms with Gasteiger partial charge in [-0.15, -0.1) is 0 Å². The highest BCUT2D eigenvalue weighted by Gasteiger charge is 2.16. The molecule has 1 aliphatic heterocycles. The zero-order valence-corrected chi connectivity index (χ0v) is 14.2. The van der Waals surface area contributed by atoms with E-state index in [1.54, 1.807) is 12.3 Å². The van der Waals surface area contributed by atoms with Crippen molar-refractivity contribution in [1.82, 2.24) is 14.7 Å². The first kappa shape index (κ1) is 17.3. The molecule has 130 valence electrons. The number of nitriles is 1. The maximum absolute atomic E-state index is 12.3. The van der Waals surface area contributed by atoms with E-state index >= 15 is 0 Å². The normalized spacial score (nSPS) is 14.9. The van der Waals surface area contributed by atoms with Crippen LogP contribution in [0.2, 0.25) is 0 Å². The van der Waals surface area contributed by atoms with Gasteiger partial charge in [0.2, 0.25) is 16.0 Å². The molecule has 1 fully saturated rings. The van der Waals surface area contributed by atoms with Crippen molar-refractivity contribution in [2.45, 2.75) is 11.4 Å². The Bertz CT molecular complexity index is 871. The minimum atomic E-state index is -3.67. The summed E-state index contributed by atoms with van der Waals surface area (Å²) in [6.45, 7) is 2.72. The Morgan fingerprint density at radius 2 is 1.92 bits per heavy atom. The van der Waals surface area contributed by atoms with Crippen molar-refractivity contribution in [3.05, 3.63) is 47.8 Å². The monoisotopic (exact) mass is 359 g/mol. The fraction of sp³-hybridized carbons (Fsp3) is 0.312. The number of aromatic nitrogens is 2. The predicted molar refractivity (Wildman–Crippen MR) is 90.2 cm³/mol. The summed E-state index contributed by atoms with van der Waals surface area (Å²) < 4.78 is 32.5. The van der Waals surface area contributed by atoms with Crippen molar-refractivity contribution in [3.8, 4) is 6.07 Å². The van der Waals surface area contributed by atoms with Crippen molar-refractivity contribution in [1.29, 1.82) is 5.26 Å². The van der Waals surface area contributed by atoms with Gasteiger partial charge >= 0.3 is 0 Å². The van der Waals surface area contributed by atoms with Gasteiger partial charge in [0.1, 0.15) is 0 Å². The summed E-state index contributed by atoms with van der Waals surface area (Å²) in [6, 6.07) is 9.37. The summed E-state index contributed by atoms with van der Waals surface area (Å²) in [5.41, 5.74) is 0.985. The lowest BCUT2D eigenvalue weighted by atomic mass is 10.2. The molecule has 8 nitrogen and oxygen atoms in total. The van der Waals surface area contributed by atoms with E-state index in [4.69, 9.17) is 10.00 Å². The molecule has 1 saturated heterocycles. The van der Waals surface area contributed by atoms with E-state index in [1.165, 1.54) is 24.3 Å². The molecule has 9 heteroatoms. The maximum atomic E-state index is 12.3. The highest BCUT2D eigenvalue weighted by atomic mass is 32.2. The van der Waals surface area contributed by atoms with Crippen LogP contribution in [0.3, 0.4) is 0 Å². The number of rotatable bonds is 5. The number of hydrogen-bond acceptors (Lipinski definition) is 7. The van der Waals surface area contributed by atoms with E-state index in [2.05, 4.69) is 14.7 Å². The Balaban J connectivity index is 1.69. The van der Waals surface area contributed by atoms with Crippen molar-refractivity contribution < 1.29 is 13.2 Å². The van der Waals surface area contributed by atoms with Gasteiger partial charge in [0, 0.05) is 19.3 Å². The molecule has 1 aromatic carbocycles. The average molecular weight is 359 g/mol. The molecule has 2 heterocycles. The van der Waals surface area contributed by atoms with Crippen LogP contribution < -0.4 is 9.62 Å². The average Bonchev–Trinajstić information content (AvgIpc) is 2.67. The summed E-state index contributed by atoms with van der Waals surface area (Å²) in [5, 5.41) is 8.78. The predicted octanol–water partition coefficient (Wildman–Crippen LogP) is 0.663. The zero-order valence-electron chi connectivity index (χ0n) is 13.4. The SMILES string of the molecule is N#Cc1ccc(S(=O)(=O)NCc2ccnc(N3CCOCC3)n2)cc1. The second kappa shape index (κ2) is 7.57. The van der Waals surface area contributed by atoms with Crippen molar-refractivity contribution in [2.75, 3.05) is 31.2 Å². The number of morpholine rings is 1. The van der Waals surface area contributed by atoms with Crippen LogP contribution in [0.1, 0.15) is 11.3 Å². The van der Waals surface area contributed by atoms with Gasteiger partial charge in [0.15, 0.2) is 0 Å². The standard InChI is InChI=1S/C16H17N5O3S/c17-11-13-1-3-15(4-2-13)25(22,23)19-12-14-5-6-18-16(20-14)21-7-9-24-10-8-21/h1-6,19H,7-10,12H2. The number of hydrogen-bond donors (Lipinski definition) is 1. The van der Waals surface area contributed by atoms with E-state index in [-0.39, 0.29) is 11.4 Å². The van der Waals surface area contributed by atoms with Crippen LogP contribution >= 0.6 is 0 Å². The van der Waals surface area contributed by atoms with E-state index in [0.29, 0.717) is 43.5 Å². The quantitative estimate of drug-likeness (QED) is 0.835. The first-order valence-electron chi connectivity index (χ1n) is 7.73. The molecular formula is C16H17N5O3S. The molecule has 1 aliphatic rings. The molecule has 0 unspecified atom stereocenters. The van der Waals surface area contributed by atoms with E-state index < -0.39 is 10.0 Å². The van der Waals surface area contributed by atoms with Gasteiger partial charge in [-0.3, -0.25) is 0 Å². The molecule has 2 aromatic rings. The number of benzene rings is 1. The number of ether oxygens (including phenoxy) is 1. The summed E-state index contributed by atoms with van der Waals surface area (Å²) in [7, 11) is -3.67. The Kier molecular flexibility index (Phi) is 5.23. The highest BCUT2D eigenvalue weighted by Crippen LogP contribution is 2.12. The van der Waals surface area contributed by atoms with E-state index in [0.717, 1.165) is 0 Å². The third kappa shape index (κ3) is 4.30. The second-order valence-corrected chi connectivity index (χ2v) is 7.18. The minimum Gasteiger partial charge on any atom is -0.378 e. The molecule has 0 radical (unpaired) electrons. The lowest BCUT2D eigenvalue weighted by Crippen LogP contribution is -2.37. The smallest absolute Gasteiger partial charge is 0.240 e. The van der Waals surface area contributed by atoms with Gasteiger partial charge < -0.3 is 9.64 Å². The molecule has 0 bridgehead atoms. The van der Waals surface area contributed by atoms with Crippen molar-refractivity contribution in [3.63, 3.8) is 0 Å². The van der Waals surface area contributed by atoms with Crippen LogP contribution in [-0.2, 0) is 21.3 Å². The van der Waals surface area contributed by atoms with Gasteiger partial charge in [0.05, 0.1) is 42.0 Å². The molecule has 1 N–H and O–H groups in total. The minimum absolute atomic E-state index is 0.0577. The van der Waals surface area contributed by atoms with Crippen LogP contribution in [0, 0.1) is 11.3 Å². The Morgan fingerprint density at radius 1 is 1.20 bits per heavy atom. The van der Waals surface area contributed by atoms with Gasteiger partial charge in [-0.2, -0.15) is 5.26 Å². The Labute approximate surface area is 146 Å². The lowest BCUT2D eigenvalue weighted by Gasteiger charge is -2.26. The van der Waals surface area contributed by atoms with Crippen LogP contribution in [0.5, 0.6) is 0 Å². The lowest BCUT2D eigenvalue weighted by molar-refractivity contribution is 0.122. The number of sulfonamides is 1. The fourth-order valence-corrected chi connectivity index (χ4v) is 3.36. The second-order valence-electron chi connectivity index (χ2n) is 5.41. The van der Waals surface area contributed by atoms with Gasteiger partial charge in [-0.05, 0) is 30.3 Å². The molecule has 0 atom stereocenters. The highest BCUT2D eigenvalue weighted by molar-refractivity contribution is 7.89. The third-order valence-electron chi connectivity index (χ3n) is 3.73. The Morgan fingerprint density at radius 3 is 2.60 bits per heavy atom. The van der Waals surface area contributed by atoms with Gasteiger partial charge in [0.25, 0.3) is 0 Å². The molecule has 3 rings (SSSR count). The van der Waals surface area contributed by atoms with Gasteiger partial charge in [-0.1, -0.05) is 0 Å². The van der Waals surface area contributed by atoms with Crippen LogP contribution in [0.25, 0.3) is 0 Å². The zero-order chi connectivity index (χ0) is 17.7. The molecule has 0 spiro atoms. The van der Waals surface area contributed by atoms with Gasteiger partial charge in [-0.25, -0.2) is 23.1 Å². The summed E-state index contributed by atoms with van der Waals surface area (Å²) in [5.74, 6) is 0.568. The molecule has 0 aliphatic carbocycles. The first-order valence-corrected chi connectivity index (χ1v) is 9.21. The van der Waals surface area contributed by atoms with Crippen LogP contribution in [0.15, 0.2) is 41.4 Å². The number of nitrogens with one attached hydrogen (secondary N) is 1.